The molecule has 0 N–H and O–H groups in total. The number of hydrogen-bond donors (Lipinski definition) is 0. The molecule has 2 saturated heterocycles. The van der Waals surface area contributed by atoms with Gasteiger partial charge in [0.15, 0.2) is 6.10 Å². The van der Waals surface area contributed by atoms with Crippen LogP contribution >= 0.6 is 0 Å². The monoisotopic (exact) mass is 599 g/mol. The topological polar surface area (TPSA) is 55.8 Å². The molecule has 4 aliphatic carbocycles. The number of piperidine rings is 1. The van der Waals surface area contributed by atoms with Gasteiger partial charge in [-0.3, -0.25) is 14.5 Å². The molecule has 6 rings (SSSR count). The molecule has 0 bridgehead atoms. The van der Waals surface area contributed by atoms with E-state index in [-0.39, 0.29) is 40.9 Å². The van der Waals surface area contributed by atoms with Gasteiger partial charge in [0.05, 0.1) is 26.1 Å². The van der Waals surface area contributed by atoms with Gasteiger partial charge in [-0.25, -0.2) is 0 Å². The number of ether oxygens (including phenoxy) is 2. The van der Waals surface area contributed by atoms with Crippen LogP contribution in [0.15, 0.2) is 0 Å². The summed E-state index contributed by atoms with van der Waals surface area (Å²) in [5, 5.41) is 0. The predicted octanol–water partition coefficient (Wildman–Crippen LogP) is 6.99. The van der Waals surface area contributed by atoms with Crippen LogP contribution in [0.4, 0.5) is 0 Å². The average molecular weight is 600 g/mol. The minimum absolute atomic E-state index is 0.00394. The highest BCUT2D eigenvalue weighted by molar-refractivity contribution is 5.71. The third kappa shape index (κ3) is 5.72. The Morgan fingerprint density at radius 1 is 0.837 bits per heavy atom. The molecular weight excluding hydrogens is 536 g/mol. The Bertz CT molecular complexity index is 1020. The van der Waals surface area contributed by atoms with Gasteiger partial charge in [0, 0.05) is 24.8 Å². The summed E-state index contributed by atoms with van der Waals surface area (Å²) < 4.78 is 13.9. The molecule has 6 heteroatoms. The maximum Gasteiger partial charge on any atom is 0.308 e. The van der Waals surface area contributed by atoms with Gasteiger partial charge in [-0.05, 0) is 119 Å². The van der Waals surface area contributed by atoms with Crippen LogP contribution in [0.2, 0.25) is 0 Å². The molecule has 6 aliphatic rings. The minimum atomic E-state index is -0.109. The van der Waals surface area contributed by atoms with Gasteiger partial charge in [-0.15, -0.1) is 0 Å². The van der Waals surface area contributed by atoms with E-state index in [0.29, 0.717) is 35.8 Å². The van der Waals surface area contributed by atoms with Crippen LogP contribution in [-0.2, 0) is 19.1 Å². The number of carbonyl (C=O) groups excluding carboxylic acids is 2. The van der Waals surface area contributed by atoms with Crippen molar-refractivity contribution in [2.45, 2.75) is 149 Å². The van der Waals surface area contributed by atoms with Crippen LogP contribution in [0.25, 0.3) is 0 Å². The van der Waals surface area contributed by atoms with Crippen LogP contribution in [0, 0.1) is 40.4 Å². The van der Waals surface area contributed by atoms with E-state index in [4.69, 9.17) is 9.47 Å². The van der Waals surface area contributed by atoms with Crippen molar-refractivity contribution in [1.82, 2.24) is 4.90 Å². The summed E-state index contributed by atoms with van der Waals surface area (Å²) in [6, 6.07) is 0.774. The van der Waals surface area contributed by atoms with Crippen LogP contribution in [-0.4, -0.2) is 78.8 Å². The fraction of sp³-hybridized carbons (Fsp3) is 0.946. The lowest BCUT2D eigenvalue weighted by Crippen LogP contribution is -2.61. The maximum atomic E-state index is 13.3. The Labute approximate surface area is 262 Å². The number of rotatable bonds is 5. The zero-order valence-corrected chi connectivity index (χ0v) is 28.5. The number of fused-ring (bicyclic) bond motifs is 5. The first-order valence-electron chi connectivity index (χ1n) is 18.4. The predicted molar refractivity (Wildman–Crippen MR) is 170 cm³/mol. The number of quaternary nitrogens is 1. The van der Waals surface area contributed by atoms with Crippen LogP contribution in [0.1, 0.15) is 125 Å². The first-order valence-corrected chi connectivity index (χ1v) is 18.4. The van der Waals surface area contributed by atoms with Gasteiger partial charge in [0.1, 0.15) is 12.1 Å². The van der Waals surface area contributed by atoms with Crippen LogP contribution in [0.5, 0.6) is 0 Å². The summed E-state index contributed by atoms with van der Waals surface area (Å²) in [6.45, 7) is 15.5. The highest BCUT2D eigenvalue weighted by atomic mass is 16.5. The van der Waals surface area contributed by atoms with E-state index >= 15 is 0 Å². The van der Waals surface area contributed by atoms with E-state index in [9.17, 15) is 9.59 Å². The van der Waals surface area contributed by atoms with Gasteiger partial charge in [-0.2, -0.15) is 0 Å². The Kier molecular flexibility index (Phi) is 9.05. The van der Waals surface area contributed by atoms with E-state index < -0.39 is 0 Å². The minimum Gasteiger partial charge on any atom is -0.461 e. The molecule has 6 nitrogen and oxygen atoms in total. The highest BCUT2D eigenvalue weighted by Gasteiger charge is 2.67. The van der Waals surface area contributed by atoms with E-state index in [0.717, 1.165) is 24.0 Å². The maximum absolute atomic E-state index is 13.3. The molecule has 2 aliphatic heterocycles. The fourth-order valence-electron chi connectivity index (χ4n) is 12.0. The van der Waals surface area contributed by atoms with E-state index in [1.807, 2.05) is 13.8 Å². The van der Waals surface area contributed by atoms with Crippen molar-refractivity contribution in [1.29, 1.82) is 0 Å². The van der Waals surface area contributed by atoms with Gasteiger partial charge in [0.25, 0.3) is 0 Å². The molecule has 0 aromatic rings. The molecule has 0 spiro atoms. The smallest absolute Gasteiger partial charge is 0.308 e. The van der Waals surface area contributed by atoms with Crippen LogP contribution in [0.3, 0.4) is 0 Å². The molecule has 6 fully saturated rings. The van der Waals surface area contributed by atoms with Crippen molar-refractivity contribution in [3.8, 4) is 0 Å². The second-order valence-corrected chi connectivity index (χ2v) is 17.1. The number of esters is 2. The lowest BCUT2D eigenvalue weighted by molar-refractivity contribution is -0.935. The normalized spacial score (nSPS) is 44.9. The van der Waals surface area contributed by atoms with Gasteiger partial charge in [0.2, 0.25) is 0 Å². The summed E-state index contributed by atoms with van der Waals surface area (Å²) in [6.07, 6.45) is 17.6. The molecular formula is C37H63N2O4+. The lowest BCUT2D eigenvalue weighted by atomic mass is 9.44. The Morgan fingerprint density at radius 2 is 1.51 bits per heavy atom. The third-order valence-corrected chi connectivity index (χ3v) is 14.4. The molecule has 43 heavy (non-hydrogen) atoms. The standard InChI is InChI=1S/C37H63N2O4/c1-25(2)35(41)43-34-32(39(6)20-12-7-8-13-21-39)23-30-28-15-14-27-22-33(42-26(3)40)31(38-18-10-9-11-19-38)24-37(27,5)29(28)16-17-36(30,34)4/h25,27-34H,7-24H2,1-6H3/q+1/t27-,28?,29?,30?,31-,32-,33-,34-,36-,37-/m0/s1. The summed E-state index contributed by atoms with van der Waals surface area (Å²) in [7, 11) is 2.50. The molecule has 4 saturated carbocycles. The first kappa shape index (κ1) is 31.8. The summed E-state index contributed by atoms with van der Waals surface area (Å²) >= 11 is 0. The Balaban J connectivity index is 1.30. The van der Waals surface area contributed by atoms with Crippen molar-refractivity contribution in [3.63, 3.8) is 0 Å². The third-order valence-electron chi connectivity index (χ3n) is 14.4. The van der Waals surface area contributed by atoms with Gasteiger partial charge >= 0.3 is 11.9 Å². The number of likely N-dealkylation sites (N-methyl/N-ethyl adjacent to an activating group) is 1. The van der Waals surface area contributed by atoms with Gasteiger partial charge in [-0.1, -0.05) is 34.1 Å². The van der Waals surface area contributed by atoms with Crippen molar-refractivity contribution >= 4 is 11.9 Å². The Morgan fingerprint density at radius 3 is 2.16 bits per heavy atom. The first-order chi connectivity index (χ1) is 20.5. The van der Waals surface area contributed by atoms with E-state index in [2.05, 4.69) is 25.8 Å². The largest absolute Gasteiger partial charge is 0.461 e. The fourth-order valence-corrected chi connectivity index (χ4v) is 12.0. The van der Waals surface area contributed by atoms with Crippen molar-refractivity contribution in [2.75, 3.05) is 33.2 Å². The van der Waals surface area contributed by atoms with E-state index in [1.54, 1.807) is 6.92 Å². The molecule has 3 unspecified atom stereocenters. The zero-order valence-electron chi connectivity index (χ0n) is 28.5. The lowest BCUT2D eigenvalue weighted by Gasteiger charge is -2.62. The van der Waals surface area contributed by atoms with Crippen molar-refractivity contribution in [3.05, 3.63) is 0 Å². The zero-order chi connectivity index (χ0) is 30.6. The molecule has 0 radical (unpaired) electrons. The van der Waals surface area contributed by atoms with Gasteiger partial charge < -0.3 is 14.0 Å². The molecule has 10 atom stereocenters. The summed E-state index contributed by atoms with van der Waals surface area (Å²) in [5.74, 6) is 2.48. The highest BCUT2D eigenvalue weighted by Crippen LogP contribution is 2.67. The number of carbonyl (C=O) groups is 2. The van der Waals surface area contributed by atoms with E-state index in [1.165, 1.54) is 96.6 Å². The number of hydrogen-bond acceptors (Lipinski definition) is 5. The molecule has 2 heterocycles. The average Bonchev–Trinajstić information content (AvgIpc) is 3.10. The second-order valence-electron chi connectivity index (χ2n) is 17.1. The summed E-state index contributed by atoms with van der Waals surface area (Å²) in [5.41, 5.74) is 0.348. The van der Waals surface area contributed by atoms with Crippen LogP contribution < -0.4 is 0 Å². The van der Waals surface area contributed by atoms with Crippen molar-refractivity contribution < 1.29 is 23.5 Å². The molecule has 244 valence electrons. The molecule has 0 aromatic heterocycles. The molecule has 0 amide bonds. The second kappa shape index (κ2) is 12.2. The van der Waals surface area contributed by atoms with Crippen molar-refractivity contribution in [2.24, 2.45) is 40.4 Å². The quantitative estimate of drug-likeness (QED) is 0.252. The Hall–Kier alpha value is -1.14. The molecule has 0 aromatic carbocycles. The number of likely N-dealkylation sites (tertiary alicyclic amines) is 2. The number of nitrogens with zero attached hydrogens (tertiary/aromatic N) is 2. The SMILES string of the molecule is CC(=O)O[C@H]1C[C@@H]2CCC3C4C[C@H]([N+]5(C)CCCCCC5)[C@H](OC(=O)C(C)C)[C@@]4(C)CCC3[C@@]2(C)C[C@@H]1N1CCCCC1. The summed E-state index contributed by atoms with van der Waals surface area (Å²) in [4.78, 5) is 28.2.